The third-order valence-electron chi connectivity index (χ3n) is 4.20. The molecule has 0 aliphatic heterocycles. The quantitative estimate of drug-likeness (QED) is 0.277. The minimum atomic E-state index is -1.34. The van der Waals surface area contributed by atoms with Crippen molar-refractivity contribution in [3.8, 4) is 11.8 Å². The number of rotatable bonds is 9. The second-order valence-corrected chi connectivity index (χ2v) is 7.44. The van der Waals surface area contributed by atoms with Crippen molar-refractivity contribution in [2.45, 2.75) is 10.1 Å². The number of hydrogen-bond acceptors (Lipinski definition) is 11. The largest absolute Gasteiger partial charge is 0.454 e. The number of nitriles is 1. The summed E-state index contributed by atoms with van der Waals surface area (Å²) in [6, 6.07) is 14.2. The van der Waals surface area contributed by atoms with E-state index in [9.17, 15) is 19.7 Å². The second-order valence-electron chi connectivity index (χ2n) is 6.43. The van der Waals surface area contributed by atoms with Gasteiger partial charge >= 0.3 is 5.97 Å². The molecule has 0 fully saturated rings. The number of benzene rings is 2. The average Bonchev–Trinajstić information content (AvgIpc) is 3.26. The molecule has 3 aromatic rings. The van der Waals surface area contributed by atoms with Crippen molar-refractivity contribution in [1.29, 1.82) is 5.26 Å². The first-order valence-corrected chi connectivity index (χ1v) is 9.97. The summed E-state index contributed by atoms with van der Waals surface area (Å²) in [5.74, 6) is -3.12. The number of nitro benzene ring substituents is 1. The zero-order valence-electron chi connectivity index (χ0n) is 16.8. The van der Waals surface area contributed by atoms with Crippen LogP contribution in [0, 0.1) is 27.4 Å². The van der Waals surface area contributed by atoms with Gasteiger partial charge in [0.25, 0.3) is 5.69 Å². The number of nitrogens with zero attached hydrogens (tertiary/aromatic N) is 6. The number of nitrogens with two attached hydrogens (primary N) is 1. The van der Waals surface area contributed by atoms with Gasteiger partial charge in [-0.1, -0.05) is 24.8 Å². The topological polar surface area (TPSA) is 180 Å². The first-order valence-electron chi connectivity index (χ1n) is 9.15. The molecule has 2 N–H and O–H groups in total. The van der Waals surface area contributed by atoms with E-state index in [1.54, 1.807) is 30.3 Å². The fourth-order valence-corrected chi connectivity index (χ4v) is 3.50. The van der Waals surface area contributed by atoms with Gasteiger partial charge in [-0.2, -0.15) is 9.94 Å². The van der Waals surface area contributed by atoms with Crippen molar-refractivity contribution in [1.82, 2.24) is 20.2 Å². The number of aromatic nitrogens is 4. The van der Waals surface area contributed by atoms with Gasteiger partial charge in [0.2, 0.25) is 5.16 Å². The summed E-state index contributed by atoms with van der Waals surface area (Å²) in [5.41, 5.74) is 5.35. The molecular weight excluding hydrogens is 450 g/mol. The maximum absolute atomic E-state index is 12.7. The maximum Gasteiger partial charge on any atom is 0.339 e. The van der Waals surface area contributed by atoms with Crippen LogP contribution in [0.5, 0.6) is 0 Å². The highest BCUT2D eigenvalue weighted by Gasteiger charge is 2.24. The van der Waals surface area contributed by atoms with Crippen molar-refractivity contribution >= 4 is 29.2 Å². The number of nitro groups is 1. The molecular formula is C20H15N7O5S. The van der Waals surface area contributed by atoms with Gasteiger partial charge < -0.3 is 10.5 Å². The highest BCUT2D eigenvalue weighted by Crippen LogP contribution is 2.32. The molecule has 0 bridgehead atoms. The molecule has 1 aromatic heterocycles. The van der Waals surface area contributed by atoms with Crippen LogP contribution in [0.1, 0.15) is 10.4 Å². The number of non-ortho nitro benzene ring substituents is 1. The lowest BCUT2D eigenvalue weighted by atomic mass is 10.0. The molecule has 12 nitrogen and oxygen atoms in total. The van der Waals surface area contributed by atoms with Crippen LogP contribution in [0.25, 0.3) is 5.69 Å². The van der Waals surface area contributed by atoms with Crippen LogP contribution in [0.2, 0.25) is 0 Å². The van der Waals surface area contributed by atoms with E-state index in [1.807, 2.05) is 6.07 Å². The number of para-hydroxylation sites is 1. The summed E-state index contributed by atoms with van der Waals surface area (Å²) < 4.78 is 6.43. The Morgan fingerprint density at radius 2 is 2.03 bits per heavy atom. The van der Waals surface area contributed by atoms with Gasteiger partial charge in [0.1, 0.15) is 5.92 Å². The Morgan fingerprint density at radius 1 is 1.30 bits per heavy atom. The van der Waals surface area contributed by atoms with E-state index in [2.05, 4.69) is 22.1 Å². The second kappa shape index (κ2) is 10.2. The number of carbonyl (C=O) groups is 2. The number of esters is 1. The summed E-state index contributed by atoms with van der Waals surface area (Å²) in [6.45, 7) is 2.59. The zero-order valence-corrected chi connectivity index (χ0v) is 17.6. The third-order valence-corrected chi connectivity index (χ3v) is 5.22. The molecule has 0 aliphatic carbocycles. The van der Waals surface area contributed by atoms with Gasteiger partial charge in [0.05, 0.1) is 22.2 Å². The molecule has 13 heteroatoms. The molecule has 0 aliphatic rings. The van der Waals surface area contributed by atoms with E-state index >= 15 is 0 Å². The lowest BCUT2D eigenvalue weighted by Gasteiger charge is -2.11. The Hall–Kier alpha value is -4.57. The molecule has 0 unspecified atom stereocenters. The van der Waals surface area contributed by atoms with Gasteiger partial charge in [-0.3, -0.25) is 14.9 Å². The van der Waals surface area contributed by atoms with E-state index in [4.69, 9.17) is 15.7 Å². The summed E-state index contributed by atoms with van der Waals surface area (Å²) >= 11 is 0.973. The molecule has 0 spiro atoms. The molecule has 0 amide bonds. The predicted molar refractivity (Wildman–Crippen MR) is 114 cm³/mol. The first-order chi connectivity index (χ1) is 15.8. The van der Waals surface area contributed by atoms with Gasteiger partial charge in [-0.15, -0.1) is 5.10 Å². The predicted octanol–water partition coefficient (Wildman–Crippen LogP) is 2.06. The third kappa shape index (κ3) is 5.38. The van der Waals surface area contributed by atoms with Crippen LogP contribution >= 0.6 is 11.8 Å². The minimum absolute atomic E-state index is 0.176. The summed E-state index contributed by atoms with van der Waals surface area (Å²) in [7, 11) is 0. The van der Waals surface area contributed by atoms with E-state index < -0.39 is 29.2 Å². The first kappa shape index (κ1) is 23.1. The molecule has 1 heterocycles. The summed E-state index contributed by atoms with van der Waals surface area (Å²) in [4.78, 5) is 35.6. The fourth-order valence-electron chi connectivity index (χ4n) is 2.61. The Morgan fingerprint density at radius 3 is 2.67 bits per heavy atom. The molecule has 0 saturated carbocycles. The van der Waals surface area contributed by atoms with Crippen LogP contribution in [0.15, 0.2) is 70.9 Å². The van der Waals surface area contributed by atoms with E-state index in [1.165, 1.54) is 16.8 Å². The molecule has 3 rings (SSSR count). The normalized spacial score (nSPS) is 11.2. The SMILES string of the molecule is C=C(N)[C@H](C#N)C(=O)COC(=O)c1cc([N+](=O)[O-])ccc1Sc1nnnn1-c1ccccc1. The van der Waals surface area contributed by atoms with Crippen molar-refractivity contribution in [2.24, 2.45) is 11.7 Å². The molecule has 0 saturated heterocycles. The van der Waals surface area contributed by atoms with Crippen LogP contribution in [-0.2, 0) is 9.53 Å². The van der Waals surface area contributed by atoms with E-state index in [-0.39, 0.29) is 27.0 Å². The van der Waals surface area contributed by atoms with Gasteiger partial charge in [-0.25, -0.2) is 4.79 Å². The Labute approximate surface area is 190 Å². The van der Waals surface area contributed by atoms with Crippen LogP contribution in [-0.4, -0.2) is 43.5 Å². The van der Waals surface area contributed by atoms with Crippen molar-refractivity contribution in [3.63, 3.8) is 0 Å². The monoisotopic (exact) mass is 465 g/mol. The highest BCUT2D eigenvalue weighted by molar-refractivity contribution is 7.99. The standard InChI is InChI=1S/C20H15N7O5S/c1-12(22)16(10-21)17(28)11-32-19(29)15-9-14(27(30)31)7-8-18(15)33-20-23-24-25-26(20)13-5-3-2-4-6-13/h2-9,16H,1,11,22H2/t16-/m0/s1. The van der Waals surface area contributed by atoms with Crippen molar-refractivity contribution in [3.05, 3.63) is 76.5 Å². The Balaban J connectivity index is 1.89. The number of ketones is 1. The Kier molecular flexibility index (Phi) is 7.11. The number of hydrogen-bond donors (Lipinski definition) is 1. The molecule has 2 aromatic carbocycles. The number of tetrazole rings is 1. The van der Waals surface area contributed by atoms with Gasteiger partial charge in [-0.05, 0) is 40.4 Å². The molecule has 1 atom stereocenters. The zero-order chi connectivity index (χ0) is 24.0. The molecule has 0 radical (unpaired) electrons. The highest BCUT2D eigenvalue weighted by atomic mass is 32.2. The van der Waals surface area contributed by atoms with Crippen LogP contribution in [0.4, 0.5) is 5.69 Å². The number of ether oxygens (including phenoxy) is 1. The Bertz CT molecular complexity index is 1270. The fraction of sp³-hybridized carbons (Fsp3) is 0.100. The lowest BCUT2D eigenvalue weighted by Crippen LogP contribution is -2.25. The number of allylic oxidation sites excluding steroid dienone is 1. The van der Waals surface area contributed by atoms with Crippen LogP contribution in [0.3, 0.4) is 0 Å². The summed E-state index contributed by atoms with van der Waals surface area (Å²) in [5, 5.41) is 32.0. The number of Topliss-reactive ketones (excluding diaryl/α,β-unsaturated/α-hetero) is 1. The smallest absolute Gasteiger partial charge is 0.339 e. The van der Waals surface area contributed by atoms with Gasteiger partial charge in [0, 0.05) is 22.7 Å². The van der Waals surface area contributed by atoms with Gasteiger partial charge in [0.15, 0.2) is 12.4 Å². The average molecular weight is 465 g/mol. The lowest BCUT2D eigenvalue weighted by molar-refractivity contribution is -0.384. The van der Waals surface area contributed by atoms with Crippen molar-refractivity contribution in [2.75, 3.05) is 6.61 Å². The van der Waals surface area contributed by atoms with Crippen LogP contribution < -0.4 is 5.73 Å². The molecule has 33 heavy (non-hydrogen) atoms. The van der Waals surface area contributed by atoms with Crippen molar-refractivity contribution < 1.29 is 19.2 Å². The maximum atomic E-state index is 12.7. The molecule has 166 valence electrons. The summed E-state index contributed by atoms with van der Waals surface area (Å²) in [6.07, 6.45) is 0. The minimum Gasteiger partial charge on any atom is -0.454 e. The number of carbonyl (C=O) groups excluding carboxylic acids is 2. The van der Waals surface area contributed by atoms with E-state index in [0.717, 1.165) is 17.8 Å². The van der Waals surface area contributed by atoms with E-state index in [0.29, 0.717) is 5.69 Å².